The molecule has 0 radical (unpaired) electrons. The lowest BCUT2D eigenvalue weighted by atomic mass is 9.96. The molecule has 0 aliphatic heterocycles. The van der Waals surface area contributed by atoms with E-state index in [0.717, 1.165) is 138 Å². The number of benzene rings is 11. The Hall–Kier alpha value is -11.2. The third-order valence-corrected chi connectivity index (χ3v) is 15.9. The zero-order valence-electron chi connectivity index (χ0n) is 43.7. The van der Waals surface area contributed by atoms with Gasteiger partial charge in [-0.15, -0.1) is 0 Å². The summed E-state index contributed by atoms with van der Waals surface area (Å²) >= 11 is 0. The topological polar surface area (TPSA) is 104 Å². The van der Waals surface area contributed by atoms with Crippen molar-refractivity contribution in [1.29, 1.82) is 0 Å². The molecule has 8 nitrogen and oxygen atoms in total. The molecule has 0 N–H and O–H groups in total. The molecule has 11 aromatic carbocycles. The van der Waals surface area contributed by atoms with E-state index < -0.39 is 0 Å². The van der Waals surface area contributed by atoms with Gasteiger partial charge in [0, 0.05) is 60.1 Å². The summed E-state index contributed by atoms with van der Waals surface area (Å²) in [7, 11) is 0. The smallest absolute Gasteiger partial charge is 0.160 e. The molecule has 382 valence electrons. The molecule has 6 aromatic heterocycles. The molecule has 0 amide bonds. The molecule has 0 saturated carbocycles. The first-order chi connectivity index (χ1) is 40.5. The van der Waals surface area contributed by atoms with Gasteiger partial charge in [-0.05, 0) is 117 Å². The van der Waals surface area contributed by atoms with Crippen molar-refractivity contribution in [3.63, 3.8) is 0 Å². The summed E-state index contributed by atoms with van der Waals surface area (Å²) in [6.07, 6.45) is 0. The lowest BCUT2D eigenvalue weighted by Crippen LogP contribution is -1.97. The van der Waals surface area contributed by atoms with Crippen molar-refractivity contribution in [1.82, 2.24) is 19.9 Å². The second-order valence-electron chi connectivity index (χ2n) is 20.9. The van der Waals surface area contributed by atoms with Crippen LogP contribution in [0.3, 0.4) is 0 Å². The number of nitrogens with zero attached hydrogens (tertiary/aromatic N) is 4. The van der Waals surface area contributed by atoms with Gasteiger partial charge in [-0.1, -0.05) is 176 Å². The maximum atomic E-state index is 6.98. The van der Waals surface area contributed by atoms with Crippen molar-refractivity contribution in [2.75, 3.05) is 0 Å². The van der Waals surface area contributed by atoms with Crippen molar-refractivity contribution in [2.24, 2.45) is 0 Å². The van der Waals surface area contributed by atoms with Crippen LogP contribution >= 0.6 is 0 Å². The third-order valence-electron chi connectivity index (χ3n) is 15.9. The van der Waals surface area contributed by atoms with Crippen LogP contribution in [-0.2, 0) is 0 Å². The molecule has 17 rings (SSSR count). The third kappa shape index (κ3) is 7.61. The van der Waals surface area contributed by atoms with Crippen LogP contribution in [0.1, 0.15) is 0 Å². The highest BCUT2D eigenvalue weighted by Crippen LogP contribution is 2.44. The second-order valence-corrected chi connectivity index (χ2v) is 20.9. The molecule has 0 aliphatic rings. The van der Waals surface area contributed by atoms with Gasteiger partial charge < -0.3 is 17.7 Å². The highest BCUT2D eigenvalue weighted by molar-refractivity contribution is 6.15. The molecule has 0 fully saturated rings. The number of fused-ring (bicyclic) bond motifs is 10. The van der Waals surface area contributed by atoms with E-state index in [1.807, 2.05) is 60.7 Å². The lowest BCUT2D eigenvalue weighted by Gasteiger charge is -2.13. The first-order valence-corrected chi connectivity index (χ1v) is 27.3. The molecule has 0 atom stereocenters. The van der Waals surface area contributed by atoms with E-state index in [-0.39, 0.29) is 0 Å². The lowest BCUT2D eigenvalue weighted by molar-refractivity contribution is 0.628. The Balaban J connectivity index is 0.852. The Morgan fingerprint density at radius 3 is 1.59 bits per heavy atom. The fourth-order valence-corrected chi connectivity index (χ4v) is 11.9. The van der Waals surface area contributed by atoms with E-state index in [4.69, 9.17) is 37.6 Å². The number of rotatable bonds is 8. The van der Waals surface area contributed by atoms with Crippen LogP contribution in [0.2, 0.25) is 0 Å². The summed E-state index contributed by atoms with van der Waals surface area (Å²) in [5, 5.41) is 10.4. The molecule has 8 heteroatoms. The van der Waals surface area contributed by atoms with Crippen molar-refractivity contribution < 1.29 is 17.7 Å². The summed E-state index contributed by atoms with van der Waals surface area (Å²) in [4.78, 5) is 21.4. The Morgan fingerprint density at radius 1 is 0.220 bits per heavy atom. The molecule has 82 heavy (non-hydrogen) atoms. The van der Waals surface area contributed by atoms with Gasteiger partial charge in [0.2, 0.25) is 0 Å². The SMILES string of the molecule is c1ccc(-c2ccccc2-c2cc(-c3cc4ccccc4o3)nc(-c3cc(-c4ccc5cc(-c6cc(-c7cccc8ccccc78)nc(-c7ccc8c(c7)oc7ccccc78)n6)oc5c4)c4oc5cc6ccccc6cc5c4c3)n2)cc1. The molecule has 0 spiro atoms. The van der Waals surface area contributed by atoms with Gasteiger partial charge in [-0.2, -0.15) is 0 Å². The van der Waals surface area contributed by atoms with Crippen LogP contribution < -0.4 is 0 Å². The van der Waals surface area contributed by atoms with E-state index in [1.54, 1.807) is 0 Å². The maximum Gasteiger partial charge on any atom is 0.160 e. The van der Waals surface area contributed by atoms with Crippen molar-refractivity contribution >= 4 is 87.4 Å². The Labute approximate surface area is 467 Å². The molecule has 0 aliphatic carbocycles. The molecule has 6 heterocycles. The van der Waals surface area contributed by atoms with E-state index in [9.17, 15) is 0 Å². The average molecular weight is 1050 g/mol. The second kappa shape index (κ2) is 18.2. The summed E-state index contributed by atoms with van der Waals surface area (Å²) in [6, 6.07) is 87.4. The van der Waals surface area contributed by atoms with Crippen molar-refractivity contribution in [2.45, 2.75) is 0 Å². The quantitative estimate of drug-likeness (QED) is 0.148. The normalized spacial score (nSPS) is 11.9. The standard InChI is InChI=1S/C74H42N4O4/c1-2-15-43(16-3-1)52-23-9-10-24-54(52)61-41-63(70-38-48-20-7-12-27-65(48)79-70)78-74(76-61)51-34-58(72-60(35-51)59-33-45-18-4-5-19-46(45)36-69(59)82-72)47-29-30-49-39-71(81-67(49)37-47)64-42-62(55-26-14-21-44-17-6-8-22-53(44)55)75-73(77-64)50-31-32-57-56-25-11-13-28-66(56)80-68(57)40-50/h1-42H. The Morgan fingerprint density at radius 2 is 0.780 bits per heavy atom. The Kier molecular flexibility index (Phi) is 10.1. The van der Waals surface area contributed by atoms with Gasteiger partial charge in [0.25, 0.3) is 0 Å². The fourth-order valence-electron chi connectivity index (χ4n) is 11.9. The van der Waals surface area contributed by atoms with Crippen LogP contribution in [0.25, 0.3) is 178 Å². The largest absolute Gasteiger partial charge is 0.456 e. The molecule has 0 unspecified atom stereocenters. The monoisotopic (exact) mass is 1050 g/mol. The number of aromatic nitrogens is 4. The minimum atomic E-state index is 0.538. The van der Waals surface area contributed by atoms with E-state index in [2.05, 4.69) is 194 Å². The average Bonchev–Trinajstić information content (AvgIpc) is 3.28. The molecular formula is C74H42N4O4. The number of hydrogen-bond donors (Lipinski definition) is 0. The number of para-hydroxylation sites is 2. The zero-order chi connectivity index (χ0) is 53.8. The molecular weight excluding hydrogens is 1010 g/mol. The van der Waals surface area contributed by atoms with Crippen LogP contribution in [-0.4, -0.2) is 19.9 Å². The Bertz CT molecular complexity index is 5400. The van der Waals surface area contributed by atoms with Crippen molar-refractivity contribution in [3.05, 3.63) is 255 Å². The summed E-state index contributed by atoms with van der Waals surface area (Å²) in [5.41, 5.74) is 15.0. The minimum Gasteiger partial charge on any atom is -0.456 e. The summed E-state index contributed by atoms with van der Waals surface area (Å²) in [6.45, 7) is 0. The predicted molar refractivity (Wildman–Crippen MR) is 330 cm³/mol. The maximum absolute atomic E-state index is 6.98. The first kappa shape index (κ1) is 45.8. The van der Waals surface area contributed by atoms with Gasteiger partial charge in [0.1, 0.15) is 44.9 Å². The number of hydrogen-bond acceptors (Lipinski definition) is 8. The van der Waals surface area contributed by atoms with E-state index >= 15 is 0 Å². The van der Waals surface area contributed by atoms with Gasteiger partial charge >= 0.3 is 0 Å². The molecule has 0 saturated heterocycles. The van der Waals surface area contributed by atoms with E-state index in [0.29, 0.717) is 40.1 Å². The van der Waals surface area contributed by atoms with Crippen LogP contribution in [0.4, 0.5) is 0 Å². The molecule has 0 bridgehead atoms. The van der Waals surface area contributed by atoms with Gasteiger partial charge in [-0.3, -0.25) is 0 Å². The zero-order valence-corrected chi connectivity index (χ0v) is 43.7. The van der Waals surface area contributed by atoms with Gasteiger partial charge in [0.05, 0.1) is 11.4 Å². The first-order valence-electron chi connectivity index (χ1n) is 27.3. The highest BCUT2D eigenvalue weighted by atomic mass is 16.3. The van der Waals surface area contributed by atoms with Crippen LogP contribution in [0.15, 0.2) is 272 Å². The predicted octanol–water partition coefficient (Wildman–Crippen LogP) is 20.2. The minimum absolute atomic E-state index is 0.538. The van der Waals surface area contributed by atoms with Gasteiger partial charge in [0.15, 0.2) is 23.2 Å². The number of furan rings is 4. The van der Waals surface area contributed by atoms with Crippen LogP contribution in [0, 0.1) is 0 Å². The summed E-state index contributed by atoms with van der Waals surface area (Å²) < 4.78 is 26.9. The fraction of sp³-hybridized carbons (Fsp3) is 0. The van der Waals surface area contributed by atoms with Crippen molar-refractivity contribution in [3.8, 4) is 90.5 Å². The van der Waals surface area contributed by atoms with Crippen LogP contribution in [0.5, 0.6) is 0 Å². The van der Waals surface area contributed by atoms with E-state index in [1.165, 1.54) is 0 Å². The highest BCUT2D eigenvalue weighted by Gasteiger charge is 2.23. The molecule has 17 aromatic rings. The summed E-state index contributed by atoms with van der Waals surface area (Å²) in [5.74, 6) is 2.35. The van der Waals surface area contributed by atoms with Gasteiger partial charge in [-0.25, -0.2) is 19.9 Å².